The third kappa shape index (κ3) is 3.06. The molecule has 5 aliphatic rings. The summed E-state index contributed by atoms with van der Waals surface area (Å²) in [5.41, 5.74) is -0.697. The van der Waals surface area contributed by atoms with Crippen LogP contribution in [0.4, 0.5) is 0 Å². The van der Waals surface area contributed by atoms with Gasteiger partial charge in [0.2, 0.25) is 12.1 Å². The number of esters is 1. The summed E-state index contributed by atoms with van der Waals surface area (Å²) >= 11 is 0. The molecule has 1 aliphatic carbocycles. The standard InChI is InChI=1S/C19H28O8/c1-10-4-5-13-11(2)16(23-15(22)7-6-14(20)21)24-17-19(13)12(10)8-9-18(3,25-17)26-27-19/h10-13,16-17H,4-9H2,1-3H3,(H,20,21)/t10?,11-,12?,13?,16?,17?,18?,19-/m1/s1. The number of aliphatic carboxylic acids is 1. The zero-order valence-electron chi connectivity index (χ0n) is 16.0. The van der Waals surface area contributed by atoms with E-state index in [-0.39, 0.29) is 30.6 Å². The van der Waals surface area contributed by atoms with Crippen molar-refractivity contribution in [3.63, 3.8) is 0 Å². The molecule has 8 atom stereocenters. The molecule has 2 bridgehead atoms. The van der Waals surface area contributed by atoms with Crippen molar-refractivity contribution in [1.82, 2.24) is 0 Å². The van der Waals surface area contributed by atoms with E-state index in [1.807, 2.05) is 13.8 Å². The van der Waals surface area contributed by atoms with Crippen molar-refractivity contribution in [1.29, 1.82) is 0 Å². The summed E-state index contributed by atoms with van der Waals surface area (Å²) in [6, 6.07) is 0. The Hall–Kier alpha value is -1.22. The van der Waals surface area contributed by atoms with Crippen LogP contribution in [0.1, 0.15) is 59.3 Å². The fourth-order valence-corrected chi connectivity index (χ4v) is 5.40. The summed E-state index contributed by atoms with van der Waals surface area (Å²) in [6.45, 7) is 6.06. The van der Waals surface area contributed by atoms with E-state index >= 15 is 0 Å². The van der Waals surface area contributed by atoms with Crippen molar-refractivity contribution < 1.29 is 38.7 Å². The largest absolute Gasteiger partial charge is 0.481 e. The monoisotopic (exact) mass is 384 g/mol. The van der Waals surface area contributed by atoms with Gasteiger partial charge in [0.15, 0.2) is 11.9 Å². The van der Waals surface area contributed by atoms with Crippen LogP contribution in [-0.4, -0.2) is 41.0 Å². The van der Waals surface area contributed by atoms with Crippen molar-refractivity contribution in [3.05, 3.63) is 0 Å². The van der Waals surface area contributed by atoms with Gasteiger partial charge in [0.05, 0.1) is 12.8 Å². The number of hydrogen-bond acceptors (Lipinski definition) is 7. The second kappa shape index (κ2) is 6.69. The smallest absolute Gasteiger partial charge is 0.308 e. The summed E-state index contributed by atoms with van der Waals surface area (Å²) in [7, 11) is 0. The van der Waals surface area contributed by atoms with Crippen molar-refractivity contribution >= 4 is 11.9 Å². The molecule has 8 heteroatoms. The molecule has 1 spiro atoms. The van der Waals surface area contributed by atoms with E-state index in [4.69, 9.17) is 29.1 Å². The Balaban J connectivity index is 1.58. The number of carbonyl (C=O) groups excluding carboxylic acids is 1. The van der Waals surface area contributed by atoms with E-state index < -0.39 is 35.9 Å². The molecule has 0 aromatic heterocycles. The van der Waals surface area contributed by atoms with Crippen LogP contribution >= 0.6 is 0 Å². The Kier molecular flexibility index (Phi) is 4.73. The minimum absolute atomic E-state index is 0.0670. The normalized spacial score (nSPS) is 48.4. The molecule has 5 fully saturated rings. The maximum atomic E-state index is 12.1. The summed E-state index contributed by atoms with van der Waals surface area (Å²) in [5, 5.41) is 8.76. The molecular formula is C19H28O8. The first-order chi connectivity index (χ1) is 12.7. The number of hydrogen-bond donors (Lipinski definition) is 1. The molecule has 8 nitrogen and oxygen atoms in total. The Labute approximate surface area is 158 Å². The maximum Gasteiger partial charge on any atom is 0.308 e. The summed E-state index contributed by atoms with van der Waals surface area (Å²) in [5.74, 6) is -1.82. The Morgan fingerprint density at radius 1 is 1.11 bits per heavy atom. The molecule has 27 heavy (non-hydrogen) atoms. The van der Waals surface area contributed by atoms with E-state index in [0.29, 0.717) is 12.3 Å². The van der Waals surface area contributed by atoms with Gasteiger partial charge in [-0.05, 0) is 38.0 Å². The zero-order valence-corrected chi connectivity index (χ0v) is 16.0. The third-order valence-corrected chi connectivity index (χ3v) is 6.89. The van der Waals surface area contributed by atoms with E-state index in [9.17, 15) is 9.59 Å². The number of rotatable bonds is 4. The highest BCUT2D eigenvalue weighted by Crippen LogP contribution is 2.60. The molecule has 4 saturated heterocycles. The van der Waals surface area contributed by atoms with Gasteiger partial charge in [-0.25, -0.2) is 9.78 Å². The molecule has 1 saturated carbocycles. The highest BCUT2D eigenvalue weighted by Gasteiger charge is 2.69. The topological polar surface area (TPSA) is 101 Å². The van der Waals surface area contributed by atoms with Crippen LogP contribution in [0, 0.1) is 23.7 Å². The van der Waals surface area contributed by atoms with Crippen molar-refractivity contribution in [2.45, 2.75) is 83.3 Å². The van der Waals surface area contributed by atoms with E-state index in [0.717, 1.165) is 19.3 Å². The van der Waals surface area contributed by atoms with Crippen LogP contribution in [0.15, 0.2) is 0 Å². The first-order valence-electron chi connectivity index (χ1n) is 9.86. The Morgan fingerprint density at radius 2 is 1.89 bits per heavy atom. The molecule has 4 heterocycles. The Morgan fingerprint density at radius 3 is 2.63 bits per heavy atom. The summed E-state index contributed by atoms with van der Waals surface area (Å²) in [4.78, 5) is 34.5. The van der Waals surface area contributed by atoms with Gasteiger partial charge in [-0.15, -0.1) is 0 Å². The molecule has 0 amide bonds. The number of fused-ring (bicyclic) bond motifs is 2. The minimum Gasteiger partial charge on any atom is -0.481 e. The molecule has 5 rings (SSSR count). The van der Waals surface area contributed by atoms with Gasteiger partial charge in [-0.2, -0.15) is 0 Å². The lowest BCUT2D eigenvalue weighted by molar-refractivity contribution is -0.576. The second-order valence-electron chi connectivity index (χ2n) is 8.66. The average molecular weight is 384 g/mol. The van der Waals surface area contributed by atoms with Gasteiger partial charge in [0, 0.05) is 18.3 Å². The molecular weight excluding hydrogens is 356 g/mol. The highest BCUT2D eigenvalue weighted by atomic mass is 17.3. The minimum atomic E-state index is -1.03. The first kappa shape index (κ1) is 19.1. The second-order valence-corrected chi connectivity index (χ2v) is 8.66. The molecule has 6 unspecified atom stereocenters. The van der Waals surface area contributed by atoms with Gasteiger partial charge in [0.25, 0.3) is 0 Å². The Bertz CT molecular complexity index is 623. The van der Waals surface area contributed by atoms with Gasteiger partial charge in [-0.3, -0.25) is 9.59 Å². The zero-order chi connectivity index (χ0) is 19.4. The first-order valence-corrected chi connectivity index (χ1v) is 9.86. The van der Waals surface area contributed by atoms with Crippen molar-refractivity contribution in [2.75, 3.05) is 0 Å². The van der Waals surface area contributed by atoms with Crippen LogP contribution in [0.5, 0.6) is 0 Å². The van der Waals surface area contributed by atoms with E-state index in [1.54, 1.807) is 0 Å². The highest BCUT2D eigenvalue weighted by molar-refractivity contribution is 5.76. The van der Waals surface area contributed by atoms with E-state index in [1.165, 1.54) is 0 Å². The molecule has 152 valence electrons. The van der Waals surface area contributed by atoms with E-state index in [2.05, 4.69) is 6.92 Å². The summed E-state index contributed by atoms with van der Waals surface area (Å²) < 4.78 is 17.8. The van der Waals surface area contributed by atoms with Crippen LogP contribution in [0.2, 0.25) is 0 Å². The maximum absolute atomic E-state index is 12.1. The van der Waals surface area contributed by atoms with Crippen LogP contribution in [0.25, 0.3) is 0 Å². The van der Waals surface area contributed by atoms with Gasteiger partial charge < -0.3 is 19.3 Å². The fraction of sp³-hybridized carbons (Fsp3) is 0.895. The predicted octanol–water partition coefficient (Wildman–Crippen LogP) is 2.60. The van der Waals surface area contributed by atoms with Gasteiger partial charge >= 0.3 is 11.9 Å². The summed E-state index contributed by atoms with van der Waals surface area (Å²) in [6.07, 6.45) is 1.72. The molecule has 0 aromatic carbocycles. The van der Waals surface area contributed by atoms with Gasteiger partial charge in [0.1, 0.15) is 0 Å². The van der Waals surface area contributed by atoms with Crippen molar-refractivity contribution in [3.8, 4) is 0 Å². The molecule has 4 aliphatic heterocycles. The van der Waals surface area contributed by atoms with Gasteiger partial charge in [-0.1, -0.05) is 13.8 Å². The quantitative estimate of drug-likeness (QED) is 0.583. The number of carboxylic acid groups (broad SMARTS) is 1. The molecule has 0 radical (unpaired) electrons. The van der Waals surface area contributed by atoms with Crippen LogP contribution < -0.4 is 0 Å². The van der Waals surface area contributed by atoms with Crippen LogP contribution in [-0.2, 0) is 33.6 Å². The fourth-order valence-electron chi connectivity index (χ4n) is 5.40. The number of ether oxygens (including phenoxy) is 3. The number of carboxylic acids is 1. The number of carbonyl (C=O) groups is 2. The lowest BCUT2D eigenvalue weighted by Crippen LogP contribution is -2.70. The average Bonchev–Trinajstić information content (AvgIpc) is 2.84. The predicted molar refractivity (Wildman–Crippen MR) is 89.8 cm³/mol. The molecule has 1 N–H and O–H groups in total. The lowest BCUT2D eigenvalue weighted by Gasteiger charge is -2.59. The molecule has 0 aromatic rings. The van der Waals surface area contributed by atoms with Crippen molar-refractivity contribution in [2.24, 2.45) is 23.7 Å². The lowest BCUT2D eigenvalue weighted by atomic mass is 9.58. The van der Waals surface area contributed by atoms with Crippen LogP contribution in [0.3, 0.4) is 0 Å². The SMILES string of the molecule is CC1CCC2[C@@H](C)C(OC(=O)CCC(=O)O)OC3OC4(C)CCC1[C@]32OO4. The third-order valence-electron chi connectivity index (χ3n) is 6.89.